The first kappa shape index (κ1) is 26.9. The van der Waals surface area contributed by atoms with Crippen LogP contribution >= 0.6 is 11.6 Å². The van der Waals surface area contributed by atoms with Crippen molar-refractivity contribution in [3.05, 3.63) is 51.5 Å². The standard InChI is InChI=1S/C26H31ClN2O9/c1-36-24-19(31)15(11-29-7-5-28(6-8-29)10-13-3-2-4-14(27)9-13)17-18(21(24)33)23-25(38-26(17)35)22(34)20(32)16(12-30)37-23/h2-4,9,16,20,22-23,25,30-34H,5-8,10-12H2,1H3/t16-,20-,22+,23?,25?/m0/s1. The van der Waals surface area contributed by atoms with E-state index in [2.05, 4.69) is 9.80 Å². The minimum absolute atomic E-state index is 0.0140. The van der Waals surface area contributed by atoms with Crippen molar-refractivity contribution in [3.63, 3.8) is 0 Å². The second kappa shape index (κ2) is 10.9. The number of esters is 1. The Hall–Kier alpha value is -2.64. The third-order valence-corrected chi connectivity index (χ3v) is 7.72. The molecule has 0 spiro atoms. The van der Waals surface area contributed by atoms with Crippen molar-refractivity contribution < 1.29 is 44.5 Å². The molecule has 0 aliphatic carbocycles. The number of aliphatic hydroxyl groups is 3. The molecule has 0 amide bonds. The molecule has 5 N–H and O–H groups in total. The Balaban J connectivity index is 1.42. The van der Waals surface area contributed by atoms with Gasteiger partial charge in [-0.05, 0) is 17.7 Å². The summed E-state index contributed by atoms with van der Waals surface area (Å²) in [6.07, 6.45) is -6.75. The second-order valence-corrected chi connectivity index (χ2v) is 10.2. The van der Waals surface area contributed by atoms with Crippen LogP contribution in [0.15, 0.2) is 24.3 Å². The molecule has 2 fully saturated rings. The van der Waals surface area contributed by atoms with E-state index in [1.807, 2.05) is 24.3 Å². The number of carbonyl (C=O) groups excluding carboxylic acids is 1. The van der Waals surface area contributed by atoms with Gasteiger partial charge in [0.15, 0.2) is 17.6 Å². The second-order valence-electron chi connectivity index (χ2n) is 9.81. The molecule has 2 unspecified atom stereocenters. The third kappa shape index (κ3) is 4.79. The molecule has 5 rings (SSSR count). The molecule has 3 aliphatic rings. The molecular weight excluding hydrogens is 520 g/mol. The molecule has 3 aliphatic heterocycles. The fraction of sp³-hybridized carbons (Fsp3) is 0.500. The summed E-state index contributed by atoms with van der Waals surface area (Å²) in [6.45, 7) is 3.08. The number of rotatable bonds is 6. The molecule has 0 radical (unpaired) electrons. The number of fused-ring (bicyclic) bond motifs is 3. The van der Waals surface area contributed by atoms with Crippen LogP contribution in [-0.2, 0) is 22.6 Å². The zero-order chi connectivity index (χ0) is 27.1. The van der Waals surface area contributed by atoms with Gasteiger partial charge in [0.2, 0.25) is 5.75 Å². The van der Waals surface area contributed by atoms with Crippen LogP contribution in [0.1, 0.15) is 33.2 Å². The summed E-state index contributed by atoms with van der Waals surface area (Å²) in [6, 6.07) is 7.71. The molecule has 2 saturated heterocycles. The van der Waals surface area contributed by atoms with E-state index in [9.17, 15) is 30.3 Å². The lowest BCUT2D eigenvalue weighted by Gasteiger charge is -2.45. The van der Waals surface area contributed by atoms with Crippen LogP contribution in [0.2, 0.25) is 5.02 Å². The summed E-state index contributed by atoms with van der Waals surface area (Å²) in [5, 5.41) is 53.2. The van der Waals surface area contributed by atoms with Crippen LogP contribution in [0.25, 0.3) is 0 Å². The van der Waals surface area contributed by atoms with Gasteiger partial charge in [0, 0.05) is 55.4 Å². The highest BCUT2D eigenvalue weighted by Gasteiger charge is 2.53. The Morgan fingerprint density at radius 2 is 1.74 bits per heavy atom. The highest BCUT2D eigenvalue weighted by Crippen LogP contribution is 2.52. The molecule has 3 heterocycles. The van der Waals surface area contributed by atoms with Gasteiger partial charge < -0.3 is 39.7 Å². The van der Waals surface area contributed by atoms with E-state index in [0.29, 0.717) is 18.1 Å². The first-order valence-corrected chi connectivity index (χ1v) is 12.8. The first-order chi connectivity index (χ1) is 18.2. The summed E-state index contributed by atoms with van der Waals surface area (Å²) < 4.78 is 16.5. The van der Waals surface area contributed by atoms with E-state index < -0.39 is 54.6 Å². The maximum absolute atomic E-state index is 13.2. The fourth-order valence-corrected chi connectivity index (χ4v) is 5.70. The lowest BCUT2D eigenvalue weighted by atomic mass is 9.84. The van der Waals surface area contributed by atoms with E-state index in [1.54, 1.807) is 0 Å². The summed E-state index contributed by atoms with van der Waals surface area (Å²) >= 11 is 6.11. The van der Waals surface area contributed by atoms with Crippen LogP contribution in [-0.4, -0.2) is 106 Å². The summed E-state index contributed by atoms with van der Waals surface area (Å²) in [5.41, 5.74) is 1.22. The van der Waals surface area contributed by atoms with Crippen molar-refractivity contribution in [2.75, 3.05) is 39.9 Å². The van der Waals surface area contributed by atoms with Gasteiger partial charge in [0.05, 0.1) is 19.3 Å². The van der Waals surface area contributed by atoms with Gasteiger partial charge in [-0.15, -0.1) is 0 Å². The van der Waals surface area contributed by atoms with Crippen molar-refractivity contribution in [3.8, 4) is 17.2 Å². The first-order valence-electron chi connectivity index (χ1n) is 12.4. The molecule has 206 valence electrons. The number of hydrogen-bond donors (Lipinski definition) is 5. The Labute approximate surface area is 224 Å². The van der Waals surface area contributed by atoms with Crippen molar-refractivity contribution >= 4 is 17.6 Å². The van der Waals surface area contributed by atoms with Gasteiger partial charge in [0.25, 0.3) is 0 Å². The van der Waals surface area contributed by atoms with Gasteiger partial charge in [0.1, 0.15) is 24.4 Å². The molecule has 0 bridgehead atoms. The summed E-state index contributed by atoms with van der Waals surface area (Å²) in [7, 11) is 1.27. The average Bonchev–Trinajstić information content (AvgIpc) is 2.90. The molecule has 5 atom stereocenters. The van der Waals surface area contributed by atoms with E-state index in [0.717, 1.165) is 25.2 Å². The van der Waals surface area contributed by atoms with Crippen LogP contribution < -0.4 is 4.74 Å². The van der Waals surface area contributed by atoms with E-state index in [-0.39, 0.29) is 29.0 Å². The SMILES string of the molecule is COc1c(O)c(CN2CCN(Cc3cccc(Cl)c3)CC2)c2c(c1O)C1O[C@@H](CO)[C@H](O)[C@@H](O)C1OC2=O. The lowest BCUT2D eigenvalue weighted by molar-refractivity contribution is -0.235. The smallest absolute Gasteiger partial charge is 0.339 e. The monoisotopic (exact) mass is 550 g/mol. The van der Waals surface area contributed by atoms with Gasteiger partial charge >= 0.3 is 5.97 Å². The number of halogens is 1. The number of benzene rings is 2. The number of methoxy groups -OCH3 is 1. The topological polar surface area (TPSA) is 152 Å². The maximum Gasteiger partial charge on any atom is 0.339 e. The predicted molar refractivity (Wildman–Crippen MR) is 134 cm³/mol. The van der Waals surface area contributed by atoms with E-state index >= 15 is 0 Å². The quantitative estimate of drug-likeness (QED) is 0.324. The Morgan fingerprint density at radius 1 is 1.05 bits per heavy atom. The maximum atomic E-state index is 13.2. The van der Waals surface area contributed by atoms with Crippen LogP contribution in [0.4, 0.5) is 0 Å². The number of nitrogens with zero attached hydrogens (tertiary/aromatic N) is 2. The largest absolute Gasteiger partial charge is 0.504 e. The normalized spacial score (nSPS) is 27.9. The van der Waals surface area contributed by atoms with Crippen molar-refractivity contribution in [2.24, 2.45) is 0 Å². The van der Waals surface area contributed by atoms with E-state index in [4.69, 9.17) is 25.8 Å². The van der Waals surface area contributed by atoms with Crippen molar-refractivity contribution in [1.82, 2.24) is 9.80 Å². The fourth-order valence-electron chi connectivity index (χ4n) is 5.49. The summed E-state index contributed by atoms with van der Waals surface area (Å²) in [5.74, 6) is -2.03. The van der Waals surface area contributed by atoms with Crippen LogP contribution in [0, 0.1) is 0 Å². The van der Waals surface area contributed by atoms with Gasteiger partial charge in [-0.25, -0.2) is 4.79 Å². The molecule has 0 aromatic heterocycles. The average molecular weight is 551 g/mol. The number of carbonyl (C=O) groups is 1. The number of ether oxygens (including phenoxy) is 3. The molecule has 2 aromatic carbocycles. The zero-order valence-corrected chi connectivity index (χ0v) is 21.5. The summed E-state index contributed by atoms with van der Waals surface area (Å²) in [4.78, 5) is 17.5. The molecule has 11 nitrogen and oxygen atoms in total. The molecule has 12 heteroatoms. The highest BCUT2D eigenvalue weighted by molar-refractivity contribution is 6.30. The third-order valence-electron chi connectivity index (χ3n) is 7.49. The number of phenols is 2. The molecular formula is C26H31ClN2O9. The predicted octanol–water partition coefficient (Wildman–Crippen LogP) is 0.771. The van der Waals surface area contributed by atoms with Crippen LogP contribution in [0.5, 0.6) is 17.2 Å². The number of hydrogen-bond acceptors (Lipinski definition) is 11. The van der Waals surface area contributed by atoms with Gasteiger partial charge in [-0.3, -0.25) is 9.80 Å². The molecule has 2 aromatic rings. The number of piperazine rings is 1. The van der Waals surface area contributed by atoms with Gasteiger partial charge in [-0.1, -0.05) is 23.7 Å². The Morgan fingerprint density at radius 3 is 2.37 bits per heavy atom. The number of phenolic OH excluding ortho intramolecular Hbond substituents is 2. The highest BCUT2D eigenvalue weighted by atomic mass is 35.5. The van der Waals surface area contributed by atoms with Crippen molar-refractivity contribution in [1.29, 1.82) is 0 Å². The van der Waals surface area contributed by atoms with Crippen molar-refractivity contribution in [2.45, 2.75) is 43.6 Å². The number of aliphatic hydroxyl groups excluding tert-OH is 3. The zero-order valence-electron chi connectivity index (χ0n) is 20.8. The molecule has 0 saturated carbocycles. The minimum Gasteiger partial charge on any atom is -0.504 e. The minimum atomic E-state index is -1.56. The number of aromatic hydroxyl groups is 2. The van der Waals surface area contributed by atoms with E-state index in [1.165, 1.54) is 7.11 Å². The Kier molecular flexibility index (Phi) is 7.70. The van der Waals surface area contributed by atoms with Gasteiger partial charge in [-0.2, -0.15) is 0 Å². The lowest BCUT2D eigenvalue weighted by Crippen LogP contribution is -2.58. The van der Waals surface area contributed by atoms with Crippen LogP contribution in [0.3, 0.4) is 0 Å². The molecule has 38 heavy (non-hydrogen) atoms. The Bertz CT molecular complexity index is 1200.